The maximum atomic E-state index is 11.5. The molecule has 3 atom stereocenters. The van der Waals surface area contributed by atoms with Crippen molar-refractivity contribution in [2.75, 3.05) is 13.1 Å². The second-order valence-electron chi connectivity index (χ2n) is 5.28. The average Bonchev–Trinajstić information content (AvgIpc) is 2.37. The molecule has 0 aromatic carbocycles. The molecule has 7 heteroatoms. The third-order valence-corrected chi connectivity index (χ3v) is 3.98. The molecule has 6 nitrogen and oxygen atoms in total. The Balaban J connectivity index is 2.69. The molecule has 0 spiro atoms. The third kappa shape index (κ3) is 3.94. The van der Waals surface area contributed by atoms with Gasteiger partial charge in [0.05, 0.1) is 14.4 Å². The van der Waals surface area contributed by atoms with Crippen molar-refractivity contribution in [3.05, 3.63) is 0 Å². The number of carboxylic acids is 1. The highest BCUT2D eigenvalue weighted by Crippen LogP contribution is 2.37. The lowest BCUT2D eigenvalue weighted by Gasteiger charge is -2.41. The van der Waals surface area contributed by atoms with Gasteiger partial charge in [-0.05, 0) is 25.2 Å². The van der Waals surface area contributed by atoms with Crippen molar-refractivity contribution in [2.45, 2.75) is 37.5 Å². The summed E-state index contributed by atoms with van der Waals surface area (Å²) in [7, 11) is 5.52. The first-order valence-electron chi connectivity index (χ1n) is 6.63. The van der Waals surface area contributed by atoms with Crippen LogP contribution in [0.15, 0.2) is 0 Å². The molecule has 0 aliphatic heterocycles. The van der Waals surface area contributed by atoms with E-state index in [1.807, 2.05) is 0 Å². The molecule has 1 rings (SSSR count). The summed E-state index contributed by atoms with van der Waals surface area (Å²) < 4.78 is 0. The molecule has 1 aliphatic rings. The number of rotatable bonds is 6. The minimum absolute atomic E-state index is 0.104. The monoisotopic (exact) mass is 267 g/mol. The zero-order valence-electron chi connectivity index (χ0n) is 11.1. The molecule has 1 amide bonds. The molecule has 0 heterocycles. The van der Waals surface area contributed by atoms with Crippen molar-refractivity contribution in [1.29, 1.82) is 0 Å². The lowest BCUT2D eigenvalue weighted by Crippen LogP contribution is -2.60. The Kier molecular flexibility index (Phi) is 5.81. The minimum atomic E-state index is -1.29. The standard InChI is InChI=1S/C12H22BN3O3/c13-4-3-8-1-2-9(7-16-10(17)6-14)12(15,5-8)11(18)19/h8-9H,1-7,14-15H2,(H,16,17)(H,18,19)/t8-,9-,12+/m0/s1. The van der Waals surface area contributed by atoms with E-state index in [0.29, 0.717) is 19.2 Å². The van der Waals surface area contributed by atoms with Crippen LogP contribution in [0.2, 0.25) is 6.32 Å². The zero-order valence-corrected chi connectivity index (χ0v) is 11.1. The van der Waals surface area contributed by atoms with Crippen molar-refractivity contribution < 1.29 is 14.7 Å². The molecule has 6 N–H and O–H groups in total. The highest BCUT2D eigenvalue weighted by molar-refractivity contribution is 6.08. The fourth-order valence-corrected chi connectivity index (χ4v) is 2.78. The number of amides is 1. The van der Waals surface area contributed by atoms with Crippen LogP contribution in [0.3, 0.4) is 0 Å². The third-order valence-electron chi connectivity index (χ3n) is 3.98. The Morgan fingerprint density at radius 1 is 1.42 bits per heavy atom. The lowest BCUT2D eigenvalue weighted by molar-refractivity contribution is -0.148. The molecule has 0 unspecified atom stereocenters. The van der Waals surface area contributed by atoms with Gasteiger partial charge in [-0.2, -0.15) is 0 Å². The zero-order chi connectivity index (χ0) is 14.5. The van der Waals surface area contributed by atoms with Crippen LogP contribution < -0.4 is 16.8 Å². The van der Waals surface area contributed by atoms with E-state index in [4.69, 9.17) is 19.3 Å². The summed E-state index contributed by atoms with van der Waals surface area (Å²) in [6, 6.07) is 0. The van der Waals surface area contributed by atoms with Gasteiger partial charge < -0.3 is 21.9 Å². The molecule has 1 aliphatic carbocycles. The van der Waals surface area contributed by atoms with E-state index in [1.54, 1.807) is 0 Å². The molecule has 2 radical (unpaired) electrons. The SMILES string of the molecule is [B]CC[C@@H]1CC[C@@H](CNC(=O)CN)[C@@](N)(C(=O)O)C1. The van der Waals surface area contributed by atoms with Gasteiger partial charge in [0.2, 0.25) is 5.91 Å². The number of nitrogens with one attached hydrogen (secondary N) is 1. The van der Waals surface area contributed by atoms with Gasteiger partial charge in [0.1, 0.15) is 5.54 Å². The van der Waals surface area contributed by atoms with Crippen molar-refractivity contribution in [3.8, 4) is 0 Å². The first kappa shape index (κ1) is 16.0. The predicted molar refractivity (Wildman–Crippen MR) is 72.6 cm³/mol. The molecular formula is C12H22BN3O3. The van der Waals surface area contributed by atoms with Gasteiger partial charge in [0, 0.05) is 12.5 Å². The van der Waals surface area contributed by atoms with Crippen molar-refractivity contribution in [1.82, 2.24) is 5.32 Å². The maximum absolute atomic E-state index is 11.5. The molecule has 0 bridgehead atoms. The quantitative estimate of drug-likeness (QED) is 0.471. The topological polar surface area (TPSA) is 118 Å². The fourth-order valence-electron chi connectivity index (χ4n) is 2.78. The van der Waals surface area contributed by atoms with E-state index in [2.05, 4.69) is 5.32 Å². The van der Waals surface area contributed by atoms with Gasteiger partial charge in [-0.25, -0.2) is 0 Å². The first-order valence-corrected chi connectivity index (χ1v) is 6.63. The number of nitrogens with two attached hydrogens (primary N) is 2. The van der Waals surface area contributed by atoms with Crippen molar-refractivity contribution in [3.63, 3.8) is 0 Å². The predicted octanol–water partition coefficient (Wildman–Crippen LogP) is -0.763. The van der Waals surface area contributed by atoms with E-state index in [-0.39, 0.29) is 30.8 Å². The Labute approximate surface area is 114 Å². The number of carboxylic acid groups (broad SMARTS) is 1. The first-order chi connectivity index (χ1) is 8.93. The van der Waals surface area contributed by atoms with Crippen LogP contribution in [0.25, 0.3) is 0 Å². The average molecular weight is 267 g/mol. The van der Waals surface area contributed by atoms with Crippen LogP contribution in [0.5, 0.6) is 0 Å². The summed E-state index contributed by atoms with van der Waals surface area (Å²) >= 11 is 0. The largest absolute Gasteiger partial charge is 0.480 e. The number of aliphatic carboxylic acids is 1. The smallest absolute Gasteiger partial charge is 0.324 e. The highest BCUT2D eigenvalue weighted by atomic mass is 16.4. The second-order valence-corrected chi connectivity index (χ2v) is 5.28. The summed E-state index contributed by atoms with van der Waals surface area (Å²) in [4.78, 5) is 22.6. The molecular weight excluding hydrogens is 245 g/mol. The van der Waals surface area contributed by atoms with E-state index < -0.39 is 11.5 Å². The Morgan fingerprint density at radius 3 is 2.63 bits per heavy atom. The van der Waals surface area contributed by atoms with Gasteiger partial charge in [-0.1, -0.05) is 12.7 Å². The Hall–Kier alpha value is -1.08. The van der Waals surface area contributed by atoms with Gasteiger partial charge >= 0.3 is 5.97 Å². The molecule has 0 aromatic heterocycles. The van der Waals surface area contributed by atoms with Crippen LogP contribution in [-0.2, 0) is 9.59 Å². The number of carbonyl (C=O) groups excluding carboxylic acids is 1. The van der Waals surface area contributed by atoms with Crippen LogP contribution in [-0.4, -0.2) is 43.5 Å². The summed E-state index contributed by atoms with van der Waals surface area (Å²) in [6.07, 6.45) is 3.30. The van der Waals surface area contributed by atoms with Crippen LogP contribution in [0, 0.1) is 11.8 Å². The molecule has 0 aromatic rings. The number of hydrogen-bond donors (Lipinski definition) is 4. The molecule has 1 saturated carbocycles. The van der Waals surface area contributed by atoms with Gasteiger partial charge in [0.25, 0.3) is 0 Å². The second kappa shape index (κ2) is 6.91. The number of hydrogen-bond acceptors (Lipinski definition) is 4. The summed E-state index contributed by atoms with van der Waals surface area (Å²) in [5, 5.41) is 12.0. The molecule has 106 valence electrons. The summed E-state index contributed by atoms with van der Waals surface area (Å²) in [5.74, 6) is -1.33. The van der Waals surface area contributed by atoms with Crippen molar-refractivity contribution in [2.24, 2.45) is 23.3 Å². The molecule has 1 fully saturated rings. The van der Waals surface area contributed by atoms with E-state index >= 15 is 0 Å². The molecule has 19 heavy (non-hydrogen) atoms. The minimum Gasteiger partial charge on any atom is -0.480 e. The van der Waals surface area contributed by atoms with Crippen LogP contribution in [0.1, 0.15) is 25.7 Å². The molecule has 0 saturated heterocycles. The van der Waals surface area contributed by atoms with Crippen molar-refractivity contribution >= 4 is 19.7 Å². The van der Waals surface area contributed by atoms with Gasteiger partial charge in [0.15, 0.2) is 0 Å². The van der Waals surface area contributed by atoms with E-state index in [0.717, 1.165) is 12.8 Å². The highest BCUT2D eigenvalue weighted by Gasteiger charge is 2.46. The Bertz CT molecular complexity index is 340. The van der Waals surface area contributed by atoms with Crippen LogP contribution >= 0.6 is 0 Å². The fraction of sp³-hybridized carbons (Fsp3) is 0.833. The summed E-state index contributed by atoms with van der Waals surface area (Å²) in [6.45, 7) is 0.154. The normalized spacial score (nSPS) is 30.8. The summed E-state index contributed by atoms with van der Waals surface area (Å²) in [5.41, 5.74) is 9.98. The van der Waals surface area contributed by atoms with Gasteiger partial charge in [-0.15, -0.1) is 0 Å². The van der Waals surface area contributed by atoms with E-state index in [1.165, 1.54) is 0 Å². The Morgan fingerprint density at radius 2 is 2.11 bits per heavy atom. The lowest BCUT2D eigenvalue weighted by atomic mass is 9.67. The van der Waals surface area contributed by atoms with Crippen LogP contribution in [0.4, 0.5) is 0 Å². The number of carbonyl (C=O) groups is 2. The maximum Gasteiger partial charge on any atom is 0.324 e. The van der Waals surface area contributed by atoms with Gasteiger partial charge in [-0.3, -0.25) is 9.59 Å². The van der Waals surface area contributed by atoms with E-state index in [9.17, 15) is 14.7 Å².